The summed E-state index contributed by atoms with van der Waals surface area (Å²) >= 11 is 0. The summed E-state index contributed by atoms with van der Waals surface area (Å²) in [7, 11) is 0. The van der Waals surface area contributed by atoms with E-state index >= 15 is 0 Å². The first kappa shape index (κ1) is 64.4. The Bertz CT molecular complexity index is 2230. The molecule has 0 aliphatic carbocycles. The van der Waals surface area contributed by atoms with Gasteiger partial charge in [0.2, 0.25) is 29.5 Å². The fourth-order valence-electron chi connectivity index (χ4n) is 7.54. The van der Waals surface area contributed by atoms with Gasteiger partial charge in [0.05, 0.1) is 26.2 Å². The highest BCUT2D eigenvalue weighted by Gasteiger charge is 2.22. The summed E-state index contributed by atoms with van der Waals surface area (Å²) in [6.07, 6.45) is 5.78. The van der Waals surface area contributed by atoms with Crippen LogP contribution < -0.4 is 32.1 Å². The number of rotatable bonds is 43. The molecule has 0 unspecified atom stereocenters. The number of carbonyl (C=O) groups excluding carboxylic acids is 7. The molecular formula is C50H77N9O16. The van der Waals surface area contributed by atoms with E-state index in [0.29, 0.717) is 98.2 Å². The summed E-state index contributed by atoms with van der Waals surface area (Å²) in [4.78, 5) is 136. The smallest absolute Gasteiger partial charge is 0.317 e. The zero-order valence-corrected chi connectivity index (χ0v) is 43.3. The second-order valence-corrected chi connectivity index (χ2v) is 18.4. The Kier molecular flexibility index (Phi) is 31.2. The zero-order chi connectivity index (χ0) is 55.7. The number of benzene rings is 1. The number of nitrogens with zero attached hydrogens (tertiary/aromatic N) is 5. The van der Waals surface area contributed by atoms with Crippen LogP contribution in [0.2, 0.25) is 0 Å². The lowest BCUT2D eigenvalue weighted by Gasteiger charge is -2.25. The van der Waals surface area contributed by atoms with Crippen molar-refractivity contribution in [1.82, 2.24) is 30.3 Å². The largest absolute Gasteiger partial charge is 0.480 e. The van der Waals surface area contributed by atoms with Crippen molar-refractivity contribution in [2.45, 2.75) is 123 Å². The first-order chi connectivity index (χ1) is 35.7. The third kappa shape index (κ3) is 28.5. The molecule has 0 fully saturated rings. The Hall–Kier alpha value is -6.67. The molecule has 9 N–H and O–H groups in total. The van der Waals surface area contributed by atoms with Gasteiger partial charge >= 0.3 is 11.9 Å². The van der Waals surface area contributed by atoms with Crippen LogP contribution in [0.3, 0.4) is 0 Å². The Labute approximate surface area is 436 Å². The van der Waals surface area contributed by atoms with Gasteiger partial charge in [-0.2, -0.15) is 0 Å². The van der Waals surface area contributed by atoms with E-state index in [2.05, 4.69) is 21.3 Å². The van der Waals surface area contributed by atoms with Crippen LogP contribution in [0, 0.1) is 6.92 Å². The molecule has 0 radical (unpaired) electrons. The predicted molar refractivity (Wildman–Crippen MR) is 274 cm³/mol. The molecule has 0 spiro atoms. The molecule has 0 saturated heterocycles. The Morgan fingerprint density at radius 3 is 1.48 bits per heavy atom. The molecule has 418 valence electrons. The average molecular weight is 1060 g/mol. The fraction of sp³-hybridized carbons (Fsp3) is 0.620. The SMILES string of the molecule is CC(=O)N(O)CCCCCNC(=O)CCC(=O)N(O)CCCCCCC(=O)CCC(=O)N(O)CCCCCNc1c(NCCCC(=O)CN(CCN(CC(=O)O)CC(=O)Nc2ccc(C)cc2)CC(=O)O)c(=O)c1=O. The molecule has 2 aromatic rings. The van der Waals surface area contributed by atoms with Crippen LogP contribution in [0.5, 0.6) is 0 Å². The van der Waals surface area contributed by atoms with Crippen molar-refractivity contribution >= 4 is 70.1 Å². The minimum absolute atomic E-state index is 0.00864. The van der Waals surface area contributed by atoms with Crippen LogP contribution in [0.1, 0.15) is 122 Å². The maximum Gasteiger partial charge on any atom is 0.317 e. The Balaban J connectivity index is 1.57. The van der Waals surface area contributed by atoms with Crippen molar-refractivity contribution < 1.29 is 69.0 Å². The molecule has 0 heterocycles. The molecule has 0 bridgehead atoms. The molecule has 0 aliphatic heterocycles. The fourth-order valence-corrected chi connectivity index (χ4v) is 7.54. The molecule has 75 heavy (non-hydrogen) atoms. The third-order valence-electron chi connectivity index (χ3n) is 11.8. The highest BCUT2D eigenvalue weighted by Crippen LogP contribution is 2.16. The molecule has 25 heteroatoms. The number of aliphatic carboxylic acids is 2. The molecule has 25 nitrogen and oxygen atoms in total. The minimum Gasteiger partial charge on any atom is -0.480 e. The van der Waals surface area contributed by atoms with Gasteiger partial charge in [0.25, 0.3) is 10.9 Å². The number of amides is 5. The van der Waals surface area contributed by atoms with Gasteiger partial charge < -0.3 is 31.5 Å². The van der Waals surface area contributed by atoms with E-state index in [1.165, 1.54) is 16.7 Å². The van der Waals surface area contributed by atoms with Gasteiger partial charge in [-0.3, -0.25) is 78.2 Å². The van der Waals surface area contributed by atoms with Crippen LogP contribution >= 0.6 is 0 Å². The summed E-state index contributed by atoms with van der Waals surface area (Å²) in [6.45, 7) is 2.76. The lowest BCUT2D eigenvalue weighted by Crippen LogP contribution is -2.44. The summed E-state index contributed by atoms with van der Waals surface area (Å²) in [5, 5.41) is 61.3. The van der Waals surface area contributed by atoms with Crippen LogP contribution in [0.25, 0.3) is 0 Å². The zero-order valence-electron chi connectivity index (χ0n) is 43.3. The number of hydrogen-bond acceptors (Lipinski definition) is 18. The summed E-state index contributed by atoms with van der Waals surface area (Å²) < 4.78 is 0. The molecular weight excluding hydrogens is 983 g/mol. The third-order valence-corrected chi connectivity index (χ3v) is 11.8. The lowest BCUT2D eigenvalue weighted by atomic mass is 10.1. The van der Waals surface area contributed by atoms with Crippen molar-refractivity contribution in [3.63, 3.8) is 0 Å². The van der Waals surface area contributed by atoms with Crippen molar-refractivity contribution in [1.29, 1.82) is 0 Å². The predicted octanol–water partition coefficient (Wildman–Crippen LogP) is 2.39. The van der Waals surface area contributed by atoms with Gasteiger partial charge in [0.1, 0.15) is 22.9 Å². The molecule has 2 rings (SSSR count). The van der Waals surface area contributed by atoms with Gasteiger partial charge in [-0.25, -0.2) is 15.2 Å². The molecule has 0 saturated carbocycles. The number of anilines is 3. The van der Waals surface area contributed by atoms with E-state index in [4.69, 9.17) is 0 Å². The van der Waals surface area contributed by atoms with Crippen LogP contribution in [0.4, 0.5) is 17.1 Å². The maximum atomic E-state index is 12.8. The van der Waals surface area contributed by atoms with Crippen LogP contribution in [-0.4, -0.2) is 182 Å². The summed E-state index contributed by atoms with van der Waals surface area (Å²) in [6, 6.07) is 7.03. The van der Waals surface area contributed by atoms with Crippen molar-refractivity contribution in [2.75, 3.05) is 94.5 Å². The lowest BCUT2D eigenvalue weighted by molar-refractivity contribution is -0.166. The summed E-state index contributed by atoms with van der Waals surface area (Å²) in [5.41, 5.74) is 0.284. The van der Waals surface area contributed by atoms with Gasteiger partial charge in [-0.15, -0.1) is 0 Å². The number of ketones is 2. The highest BCUT2D eigenvalue weighted by molar-refractivity contribution is 5.92. The number of carboxylic acids is 2. The van der Waals surface area contributed by atoms with Crippen molar-refractivity contribution in [2.24, 2.45) is 0 Å². The maximum absolute atomic E-state index is 12.8. The Morgan fingerprint density at radius 1 is 0.467 bits per heavy atom. The summed E-state index contributed by atoms with van der Waals surface area (Å²) in [5.74, 6) is -5.25. The number of carbonyl (C=O) groups is 9. The second kappa shape index (κ2) is 36.3. The second-order valence-electron chi connectivity index (χ2n) is 18.4. The molecule has 0 aromatic heterocycles. The van der Waals surface area contributed by atoms with Gasteiger partial charge in [0, 0.05) is 103 Å². The van der Waals surface area contributed by atoms with E-state index < -0.39 is 59.5 Å². The number of aryl methyl sites for hydroxylation is 1. The van der Waals surface area contributed by atoms with E-state index in [9.17, 15) is 78.6 Å². The molecule has 5 amide bonds. The van der Waals surface area contributed by atoms with E-state index in [1.54, 1.807) is 24.3 Å². The van der Waals surface area contributed by atoms with Crippen LogP contribution in [0.15, 0.2) is 33.9 Å². The average Bonchev–Trinajstić information content (AvgIpc) is 3.35. The molecule has 0 aliphatic rings. The quantitative estimate of drug-likeness (QED) is 0.0199. The minimum atomic E-state index is -1.20. The first-order valence-corrected chi connectivity index (χ1v) is 25.5. The highest BCUT2D eigenvalue weighted by atomic mass is 16.5. The van der Waals surface area contributed by atoms with E-state index in [0.717, 1.165) is 5.56 Å². The molecule has 2 aromatic carbocycles. The van der Waals surface area contributed by atoms with Crippen molar-refractivity contribution in [3.8, 4) is 0 Å². The number of hydrogen-bond donors (Lipinski definition) is 9. The van der Waals surface area contributed by atoms with Crippen molar-refractivity contribution in [3.05, 3.63) is 50.3 Å². The number of carboxylic acid groups (broad SMARTS) is 2. The normalized spacial score (nSPS) is 11.1. The first-order valence-electron chi connectivity index (χ1n) is 25.5. The number of unbranched alkanes of at least 4 members (excludes halogenated alkanes) is 7. The van der Waals surface area contributed by atoms with Gasteiger partial charge in [-0.05, 0) is 76.8 Å². The van der Waals surface area contributed by atoms with Gasteiger partial charge in [-0.1, -0.05) is 30.5 Å². The standard InChI is InChI=1S/C50H77N9O16/c1-36-16-18-38(19-17-36)54-42(64)33-56(35-46(69)70)31-30-55(34-45(67)68)32-40(62)15-13-26-53-48-47(49(71)50(48)72)52-25-9-6-12-29-58(74)43(65)22-20-39(61)14-7-3-4-10-28-59(75)44(66)23-21-41(63)51-24-8-5-11-27-57(73)37(2)60/h16-19,52-53,73-75H,3-15,20-35H2,1-2H3,(H,51,63)(H,54,64)(H,67,68)(H,69,70). The topological polar surface area (TPSA) is 353 Å². The number of Topliss-reactive ketones (excluding diaryl/α,β-unsaturated/α-hetero) is 2. The van der Waals surface area contributed by atoms with E-state index in [1.807, 2.05) is 6.92 Å². The van der Waals surface area contributed by atoms with Crippen LogP contribution in [-0.2, 0) is 43.2 Å². The molecule has 0 atom stereocenters. The Morgan fingerprint density at radius 2 is 0.933 bits per heavy atom. The number of nitrogens with one attached hydrogen (secondary N) is 4. The number of hydroxylamine groups is 6. The van der Waals surface area contributed by atoms with Gasteiger partial charge in [0.15, 0.2) is 0 Å². The van der Waals surface area contributed by atoms with E-state index in [-0.39, 0.29) is 126 Å². The monoisotopic (exact) mass is 1060 g/mol.